The first-order chi connectivity index (χ1) is 13.1. The Morgan fingerprint density at radius 3 is 2.67 bits per heavy atom. The third-order valence-electron chi connectivity index (χ3n) is 4.59. The molecule has 5 nitrogen and oxygen atoms in total. The van der Waals surface area contributed by atoms with E-state index in [1.165, 1.54) is 12.1 Å². The Balaban J connectivity index is 1.58. The van der Waals surface area contributed by atoms with Crippen LogP contribution in [-0.2, 0) is 9.53 Å². The molecule has 0 aromatic heterocycles. The van der Waals surface area contributed by atoms with Gasteiger partial charge in [-0.15, -0.1) is 0 Å². The van der Waals surface area contributed by atoms with E-state index in [1.807, 2.05) is 31.2 Å². The van der Waals surface area contributed by atoms with Crippen LogP contribution >= 0.6 is 0 Å². The maximum Gasteiger partial charge on any atom is 0.258 e. The summed E-state index contributed by atoms with van der Waals surface area (Å²) in [6.07, 6.45) is 0. The van der Waals surface area contributed by atoms with E-state index in [0.717, 1.165) is 24.2 Å². The molecule has 0 aliphatic carbocycles. The first-order valence-electron chi connectivity index (χ1n) is 9.15. The number of hydrogen-bond donors (Lipinski definition) is 1. The summed E-state index contributed by atoms with van der Waals surface area (Å²) >= 11 is 0. The predicted octanol–water partition coefficient (Wildman–Crippen LogP) is 2.70. The molecule has 1 fully saturated rings. The highest BCUT2D eigenvalue weighted by Gasteiger charge is 2.23. The quantitative estimate of drug-likeness (QED) is 0.812. The molecule has 0 spiro atoms. The lowest BCUT2D eigenvalue weighted by molar-refractivity contribution is -0.123. The van der Waals surface area contributed by atoms with E-state index in [9.17, 15) is 9.18 Å². The summed E-state index contributed by atoms with van der Waals surface area (Å²) in [5, 5.41) is 2.94. The molecule has 1 aliphatic rings. The summed E-state index contributed by atoms with van der Waals surface area (Å²) in [5.41, 5.74) is 2.05. The third kappa shape index (κ3) is 5.77. The molecule has 1 aliphatic heterocycles. The number of morpholine rings is 1. The van der Waals surface area contributed by atoms with Crippen molar-refractivity contribution in [3.63, 3.8) is 0 Å². The summed E-state index contributed by atoms with van der Waals surface area (Å²) in [4.78, 5) is 14.5. The number of amides is 1. The molecular formula is C21H25FN2O3. The van der Waals surface area contributed by atoms with Gasteiger partial charge in [0.1, 0.15) is 11.6 Å². The number of aryl methyl sites for hydroxylation is 1. The van der Waals surface area contributed by atoms with Crippen LogP contribution in [0, 0.1) is 12.7 Å². The van der Waals surface area contributed by atoms with Crippen LogP contribution in [0.15, 0.2) is 48.5 Å². The van der Waals surface area contributed by atoms with Gasteiger partial charge in [-0.25, -0.2) is 4.39 Å². The number of benzene rings is 2. The Morgan fingerprint density at radius 1 is 1.22 bits per heavy atom. The average Bonchev–Trinajstić information content (AvgIpc) is 2.69. The number of ether oxygens (including phenoxy) is 2. The fourth-order valence-electron chi connectivity index (χ4n) is 3.15. The maximum atomic E-state index is 13.3. The Morgan fingerprint density at radius 2 is 1.96 bits per heavy atom. The van der Waals surface area contributed by atoms with Crippen molar-refractivity contribution >= 4 is 5.91 Å². The largest absolute Gasteiger partial charge is 0.484 e. The molecular weight excluding hydrogens is 347 g/mol. The Hall–Kier alpha value is -2.44. The molecule has 3 rings (SSSR count). The van der Waals surface area contributed by atoms with Crippen molar-refractivity contribution in [1.82, 2.24) is 10.2 Å². The van der Waals surface area contributed by atoms with E-state index >= 15 is 0 Å². The second kappa shape index (κ2) is 9.48. The van der Waals surface area contributed by atoms with Gasteiger partial charge in [0.15, 0.2) is 6.61 Å². The standard InChI is InChI=1S/C21H25FN2O3/c1-16-3-2-4-19(13-16)27-15-21(25)23-14-20(24-9-11-26-12-10-24)17-5-7-18(22)8-6-17/h2-8,13,20H,9-12,14-15H2,1H3,(H,23,25)/t20-/m1/s1. The van der Waals surface area contributed by atoms with Crippen molar-refractivity contribution in [2.45, 2.75) is 13.0 Å². The van der Waals surface area contributed by atoms with Gasteiger partial charge in [0.05, 0.1) is 19.3 Å². The van der Waals surface area contributed by atoms with Crippen molar-refractivity contribution in [3.05, 3.63) is 65.5 Å². The Labute approximate surface area is 159 Å². The summed E-state index contributed by atoms with van der Waals surface area (Å²) in [5.74, 6) is 0.223. The van der Waals surface area contributed by atoms with Gasteiger partial charge >= 0.3 is 0 Å². The van der Waals surface area contributed by atoms with E-state index in [1.54, 1.807) is 12.1 Å². The van der Waals surface area contributed by atoms with Gasteiger partial charge in [0.2, 0.25) is 0 Å². The van der Waals surface area contributed by atoms with Crippen LogP contribution in [0.2, 0.25) is 0 Å². The Kier molecular flexibility index (Phi) is 6.79. The number of halogens is 1. The van der Waals surface area contributed by atoms with Crippen LogP contribution in [0.1, 0.15) is 17.2 Å². The van der Waals surface area contributed by atoms with E-state index in [4.69, 9.17) is 9.47 Å². The van der Waals surface area contributed by atoms with Crippen LogP contribution in [0.4, 0.5) is 4.39 Å². The SMILES string of the molecule is Cc1cccc(OCC(=O)NC[C@H](c2ccc(F)cc2)N2CCOCC2)c1. The number of carbonyl (C=O) groups excluding carboxylic acids is 1. The lowest BCUT2D eigenvalue weighted by Crippen LogP contribution is -2.44. The molecule has 0 unspecified atom stereocenters. The maximum absolute atomic E-state index is 13.3. The van der Waals surface area contributed by atoms with Crippen LogP contribution < -0.4 is 10.1 Å². The number of nitrogens with zero attached hydrogens (tertiary/aromatic N) is 1. The number of rotatable bonds is 7. The highest BCUT2D eigenvalue weighted by atomic mass is 19.1. The van der Waals surface area contributed by atoms with Crippen molar-refractivity contribution in [2.75, 3.05) is 39.5 Å². The second-order valence-electron chi connectivity index (χ2n) is 6.62. The smallest absolute Gasteiger partial charge is 0.258 e. The average molecular weight is 372 g/mol. The number of hydrogen-bond acceptors (Lipinski definition) is 4. The summed E-state index contributed by atoms with van der Waals surface area (Å²) < 4.78 is 24.2. The van der Waals surface area contributed by atoms with E-state index in [-0.39, 0.29) is 24.4 Å². The summed E-state index contributed by atoms with van der Waals surface area (Å²) in [6.45, 7) is 5.23. The molecule has 2 aromatic rings. The Bertz CT molecular complexity index is 745. The van der Waals surface area contributed by atoms with Gasteiger partial charge in [0.25, 0.3) is 5.91 Å². The minimum Gasteiger partial charge on any atom is -0.484 e. The van der Waals surface area contributed by atoms with Crippen LogP contribution in [-0.4, -0.2) is 50.3 Å². The first kappa shape index (κ1) is 19.3. The summed E-state index contributed by atoms with van der Waals surface area (Å²) in [7, 11) is 0. The monoisotopic (exact) mass is 372 g/mol. The molecule has 0 bridgehead atoms. The van der Waals surface area contributed by atoms with Crippen LogP contribution in [0.3, 0.4) is 0 Å². The van der Waals surface area contributed by atoms with Gasteiger partial charge in [-0.1, -0.05) is 24.3 Å². The minimum atomic E-state index is -0.268. The molecule has 1 heterocycles. The highest BCUT2D eigenvalue weighted by molar-refractivity contribution is 5.77. The molecule has 1 amide bonds. The zero-order chi connectivity index (χ0) is 19.1. The lowest BCUT2D eigenvalue weighted by Gasteiger charge is -2.35. The zero-order valence-electron chi connectivity index (χ0n) is 15.5. The van der Waals surface area contributed by atoms with Crippen molar-refractivity contribution in [3.8, 4) is 5.75 Å². The predicted molar refractivity (Wildman–Crippen MR) is 101 cm³/mol. The van der Waals surface area contributed by atoms with E-state index in [0.29, 0.717) is 25.5 Å². The van der Waals surface area contributed by atoms with Gasteiger partial charge in [-0.05, 0) is 42.3 Å². The zero-order valence-corrected chi connectivity index (χ0v) is 15.5. The molecule has 1 N–H and O–H groups in total. The fourth-order valence-corrected chi connectivity index (χ4v) is 3.15. The van der Waals surface area contributed by atoms with E-state index < -0.39 is 0 Å². The van der Waals surface area contributed by atoms with Gasteiger partial charge in [0, 0.05) is 19.6 Å². The van der Waals surface area contributed by atoms with Crippen LogP contribution in [0.25, 0.3) is 0 Å². The van der Waals surface area contributed by atoms with Gasteiger partial charge < -0.3 is 14.8 Å². The van der Waals surface area contributed by atoms with Crippen molar-refractivity contribution in [2.24, 2.45) is 0 Å². The fraction of sp³-hybridized carbons (Fsp3) is 0.381. The minimum absolute atomic E-state index is 0.0302. The highest BCUT2D eigenvalue weighted by Crippen LogP contribution is 2.21. The normalized spacial score (nSPS) is 15.9. The molecule has 144 valence electrons. The number of carbonyl (C=O) groups is 1. The third-order valence-corrected chi connectivity index (χ3v) is 4.59. The molecule has 1 atom stereocenters. The molecule has 6 heteroatoms. The van der Waals surface area contributed by atoms with Gasteiger partial charge in [-0.2, -0.15) is 0 Å². The second-order valence-corrected chi connectivity index (χ2v) is 6.62. The lowest BCUT2D eigenvalue weighted by atomic mass is 10.0. The van der Waals surface area contributed by atoms with Gasteiger partial charge in [-0.3, -0.25) is 9.69 Å². The molecule has 0 saturated carbocycles. The van der Waals surface area contributed by atoms with E-state index in [2.05, 4.69) is 10.2 Å². The van der Waals surface area contributed by atoms with Crippen LogP contribution in [0.5, 0.6) is 5.75 Å². The van der Waals surface area contributed by atoms with Crippen molar-refractivity contribution < 1.29 is 18.7 Å². The summed E-state index contributed by atoms with van der Waals surface area (Å²) in [6, 6.07) is 14.0. The molecule has 2 aromatic carbocycles. The number of nitrogens with one attached hydrogen (secondary N) is 1. The molecule has 0 radical (unpaired) electrons. The van der Waals surface area contributed by atoms with Crippen molar-refractivity contribution in [1.29, 1.82) is 0 Å². The topological polar surface area (TPSA) is 50.8 Å². The molecule has 1 saturated heterocycles. The molecule has 27 heavy (non-hydrogen) atoms. The first-order valence-corrected chi connectivity index (χ1v) is 9.15.